The Labute approximate surface area is 146 Å². The number of halogens is 4. The van der Waals surface area contributed by atoms with E-state index in [2.05, 4.69) is 4.74 Å². The third-order valence-corrected chi connectivity index (χ3v) is 5.23. The monoisotopic (exact) mass is 390 g/mol. The Balaban J connectivity index is 0.00000529. The SMILES string of the molecule is CC(C)C(N)CCN(C)S(=O)(=O)c1cccc(OC(F)(F)F)c1.Cl. The van der Waals surface area contributed by atoms with E-state index < -0.39 is 22.1 Å². The molecule has 1 rings (SSSR count). The highest BCUT2D eigenvalue weighted by molar-refractivity contribution is 7.89. The summed E-state index contributed by atoms with van der Waals surface area (Å²) in [5.74, 6) is -0.375. The minimum absolute atomic E-state index is 0. The zero-order chi connectivity index (χ0) is 17.8. The standard InChI is InChI=1S/C14H21F3N2O3S.ClH/c1-10(2)13(18)7-8-19(3)23(20,21)12-6-4-5-11(9-12)22-14(15,16)17;/h4-6,9-10,13H,7-8,18H2,1-3H3;1H. The topological polar surface area (TPSA) is 72.6 Å². The van der Waals surface area contributed by atoms with Crippen molar-refractivity contribution in [3.05, 3.63) is 24.3 Å². The molecule has 1 atom stereocenters. The van der Waals surface area contributed by atoms with Gasteiger partial charge in [-0.2, -0.15) is 0 Å². The summed E-state index contributed by atoms with van der Waals surface area (Å²) in [6.45, 7) is 4.03. The average molecular weight is 391 g/mol. The number of hydrogen-bond acceptors (Lipinski definition) is 4. The van der Waals surface area contributed by atoms with Crippen LogP contribution in [-0.2, 0) is 10.0 Å². The van der Waals surface area contributed by atoms with E-state index in [4.69, 9.17) is 5.73 Å². The van der Waals surface area contributed by atoms with Crippen molar-refractivity contribution in [3.63, 3.8) is 0 Å². The zero-order valence-corrected chi connectivity index (χ0v) is 15.2. The molecule has 1 unspecified atom stereocenters. The van der Waals surface area contributed by atoms with Gasteiger partial charge in [0.25, 0.3) is 0 Å². The number of hydrogen-bond donors (Lipinski definition) is 1. The maximum Gasteiger partial charge on any atom is 0.573 e. The molecule has 2 N–H and O–H groups in total. The van der Waals surface area contributed by atoms with Crippen molar-refractivity contribution in [2.75, 3.05) is 13.6 Å². The molecule has 0 bridgehead atoms. The third kappa shape index (κ3) is 6.84. The summed E-state index contributed by atoms with van der Waals surface area (Å²) < 4.78 is 66.2. The van der Waals surface area contributed by atoms with Gasteiger partial charge in [0.15, 0.2) is 0 Å². The van der Waals surface area contributed by atoms with Crippen LogP contribution < -0.4 is 10.5 Å². The van der Waals surface area contributed by atoms with Crippen LogP contribution in [0.1, 0.15) is 20.3 Å². The van der Waals surface area contributed by atoms with Crippen LogP contribution in [0.3, 0.4) is 0 Å². The molecule has 0 aliphatic carbocycles. The molecule has 140 valence electrons. The van der Waals surface area contributed by atoms with Crippen LogP contribution in [0, 0.1) is 5.92 Å². The summed E-state index contributed by atoms with van der Waals surface area (Å²) in [5, 5.41) is 0. The van der Waals surface area contributed by atoms with Gasteiger partial charge in [0, 0.05) is 25.7 Å². The predicted octanol–water partition coefficient (Wildman–Crippen LogP) is 3.00. The summed E-state index contributed by atoms with van der Waals surface area (Å²) in [4.78, 5) is -0.264. The van der Waals surface area contributed by atoms with Crippen molar-refractivity contribution in [2.24, 2.45) is 11.7 Å². The first-order chi connectivity index (χ1) is 10.4. The van der Waals surface area contributed by atoms with E-state index in [9.17, 15) is 21.6 Å². The molecule has 0 aromatic heterocycles. The lowest BCUT2D eigenvalue weighted by atomic mass is 10.0. The predicted molar refractivity (Wildman–Crippen MR) is 87.6 cm³/mol. The van der Waals surface area contributed by atoms with E-state index in [0.29, 0.717) is 6.42 Å². The Bertz CT molecular complexity index is 624. The normalized spacial score (nSPS) is 13.7. The van der Waals surface area contributed by atoms with Gasteiger partial charge in [-0.25, -0.2) is 12.7 Å². The largest absolute Gasteiger partial charge is 0.573 e. The molecular formula is C14H22ClF3N2O3S. The van der Waals surface area contributed by atoms with Crippen molar-refractivity contribution in [1.82, 2.24) is 4.31 Å². The molecule has 24 heavy (non-hydrogen) atoms. The lowest BCUT2D eigenvalue weighted by molar-refractivity contribution is -0.274. The first-order valence-corrected chi connectivity index (χ1v) is 8.45. The van der Waals surface area contributed by atoms with Crippen molar-refractivity contribution < 1.29 is 26.3 Å². The zero-order valence-electron chi connectivity index (χ0n) is 13.6. The van der Waals surface area contributed by atoms with Crippen LogP contribution >= 0.6 is 12.4 Å². The van der Waals surface area contributed by atoms with Crippen LogP contribution in [-0.4, -0.2) is 38.7 Å². The van der Waals surface area contributed by atoms with E-state index in [1.807, 2.05) is 13.8 Å². The summed E-state index contributed by atoms with van der Waals surface area (Å²) in [5.41, 5.74) is 5.87. The van der Waals surface area contributed by atoms with Crippen LogP contribution in [0.25, 0.3) is 0 Å². The Morgan fingerprint density at radius 2 is 1.88 bits per heavy atom. The van der Waals surface area contributed by atoms with E-state index in [-0.39, 0.29) is 35.8 Å². The number of sulfonamides is 1. The molecule has 0 spiro atoms. The van der Waals surface area contributed by atoms with Gasteiger partial charge in [-0.3, -0.25) is 0 Å². The molecule has 10 heteroatoms. The molecule has 1 aromatic rings. The summed E-state index contributed by atoms with van der Waals surface area (Å²) >= 11 is 0. The Hall–Kier alpha value is -1.03. The first kappa shape index (κ1) is 23.0. The molecule has 5 nitrogen and oxygen atoms in total. The van der Waals surface area contributed by atoms with Gasteiger partial charge < -0.3 is 10.5 Å². The second kappa shape index (κ2) is 8.89. The van der Waals surface area contributed by atoms with Gasteiger partial charge in [-0.05, 0) is 24.5 Å². The summed E-state index contributed by atoms with van der Waals surface area (Å²) in [7, 11) is -2.55. The maximum absolute atomic E-state index is 12.4. The molecule has 0 radical (unpaired) electrons. The fourth-order valence-corrected chi connectivity index (χ4v) is 3.02. The summed E-state index contributed by atoms with van der Waals surface area (Å²) in [6.07, 6.45) is -4.43. The van der Waals surface area contributed by atoms with Gasteiger partial charge in [-0.1, -0.05) is 19.9 Å². The molecular weight excluding hydrogens is 369 g/mol. The van der Waals surface area contributed by atoms with Gasteiger partial charge in [0.2, 0.25) is 10.0 Å². The molecule has 0 amide bonds. The molecule has 0 aliphatic rings. The molecule has 1 aromatic carbocycles. The highest BCUT2D eigenvalue weighted by atomic mass is 35.5. The van der Waals surface area contributed by atoms with Crippen molar-refractivity contribution >= 4 is 22.4 Å². The van der Waals surface area contributed by atoms with Crippen LogP contribution in [0.2, 0.25) is 0 Å². The first-order valence-electron chi connectivity index (χ1n) is 7.01. The lowest BCUT2D eigenvalue weighted by Gasteiger charge is -2.21. The van der Waals surface area contributed by atoms with E-state index in [1.54, 1.807) is 0 Å². The van der Waals surface area contributed by atoms with Crippen molar-refractivity contribution in [2.45, 2.75) is 37.6 Å². The number of ether oxygens (including phenoxy) is 1. The van der Waals surface area contributed by atoms with Crippen LogP contribution in [0.5, 0.6) is 5.75 Å². The minimum Gasteiger partial charge on any atom is -0.406 e. The molecule has 0 saturated heterocycles. The van der Waals surface area contributed by atoms with Crippen molar-refractivity contribution in [1.29, 1.82) is 0 Å². The Morgan fingerprint density at radius 1 is 1.29 bits per heavy atom. The van der Waals surface area contributed by atoms with E-state index in [0.717, 1.165) is 16.4 Å². The number of nitrogens with two attached hydrogens (primary N) is 1. The molecule has 0 aliphatic heterocycles. The minimum atomic E-state index is -4.88. The third-order valence-electron chi connectivity index (χ3n) is 3.38. The molecule has 0 saturated carbocycles. The Morgan fingerprint density at radius 3 is 2.38 bits per heavy atom. The van der Waals surface area contributed by atoms with Crippen LogP contribution in [0.15, 0.2) is 29.2 Å². The average Bonchev–Trinajstić information content (AvgIpc) is 2.42. The van der Waals surface area contributed by atoms with Gasteiger partial charge in [0.1, 0.15) is 5.75 Å². The number of benzene rings is 1. The number of rotatable bonds is 7. The number of nitrogens with zero attached hydrogens (tertiary/aromatic N) is 1. The summed E-state index contributed by atoms with van der Waals surface area (Å²) in [6, 6.07) is 4.15. The van der Waals surface area contributed by atoms with Gasteiger partial charge in [-0.15, -0.1) is 25.6 Å². The second-order valence-corrected chi connectivity index (χ2v) is 7.59. The highest BCUT2D eigenvalue weighted by Crippen LogP contribution is 2.26. The van der Waals surface area contributed by atoms with E-state index in [1.165, 1.54) is 19.2 Å². The highest BCUT2D eigenvalue weighted by Gasteiger charge is 2.32. The van der Waals surface area contributed by atoms with Gasteiger partial charge in [0.05, 0.1) is 4.90 Å². The Kier molecular flexibility index (Phi) is 8.51. The quantitative estimate of drug-likeness (QED) is 0.776. The smallest absolute Gasteiger partial charge is 0.406 e. The van der Waals surface area contributed by atoms with Gasteiger partial charge >= 0.3 is 6.36 Å². The number of alkyl halides is 3. The lowest BCUT2D eigenvalue weighted by Crippen LogP contribution is -2.34. The maximum atomic E-state index is 12.4. The van der Waals surface area contributed by atoms with Crippen molar-refractivity contribution in [3.8, 4) is 5.75 Å². The second-order valence-electron chi connectivity index (χ2n) is 5.55. The molecule has 0 heterocycles. The molecule has 0 fully saturated rings. The fraction of sp³-hybridized carbons (Fsp3) is 0.571. The fourth-order valence-electron chi connectivity index (χ4n) is 1.80. The van der Waals surface area contributed by atoms with Crippen LogP contribution in [0.4, 0.5) is 13.2 Å². The van der Waals surface area contributed by atoms with E-state index >= 15 is 0 Å².